The second-order valence-electron chi connectivity index (χ2n) is 9.45. The first-order valence-corrected chi connectivity index (χ1v) is 9.92. The highest BCUT2D eigenvalue weighted by Crippen LogP contribution is 2.58. The van der Waals surface area contributed by atoms with Gasteiger partial charge in [0.25, 0.3) is 0 Å². The Kier molecular flexibility index (Phi) is 4.54. The quantitative estimate of drug-likeness (QED) is 0.575. The molecule has 3 rings (SSSR count). The Balaban J connectivity index is 2.15. The summed E-state index contributed by atoms with van der Waals surface area (Å²) in [5.41, 5.74) is 1.42. The molecule has 0 amide bonds. The average Bonchev–Trinajstić information content (AvgIpc) is 2.76. The first-order chi connectivity index (χ1) is 11.2. The van der Waals surface area contributed by atoms with Gasteiger partial charge in [0.2, 0.25) is 0 Å². The highest BCUT2D eigenvalue weighted by atomic mass is 16.8. The van der Waals surface area contributed by atoms with E-state index in [9.17, 15) is 0 Å². The molecule has 0 unspecified atom stereocenters. The summed E-state index contributed by atoms with van der Waals surface area (Å²) in [6.07, 6.45) is 15.6. The van der Waals surface area contributed by atoms with E-state index in [0.29, 0.717) is 0 Å². The van der Waals surface area contributed by atoms with Crippen LogP contribution in [0.2, 0.25) is 0 Å². The topological polar surface area (TPSA) is 18.5 Å². The van der Waals surface area contributed by atoms with Crippen molar-refractivity contribution in [3.63, 3.8) is 0 Å². The van der Waals surface area contributed by atoms with Crippen LogP contribution in [0.15, 0.2) is 23.8 Å². The number of unbranched alkanes of at least 4 members (excludes halogenated alkanes) is 1. The molecule has 3 aliphatic rings. The van der Waals surface area contributed by atoms with Crippen molar-refractivity contribution < 1.29 is 9.47 Å². The zero-order chi connectivity index (χ0) is 17.6. The van der Waals surface area contributed by atoms with Crippen molar-refractivity contribution in [2.75, 3.05) is 0 Å². The summed E-state index contributed by atoms with van der Waals surface area (Å²) in [4.78, 5) is 0. The minimum atomic E-state index is -0.515. The summed E-state index contributed by atoms with van der Waals surface area (Å²) in [7, 11) is 0. The fourth-order valence-electron chi connectivity index (χ4n) is 5.14. The molecule has 1 heterocycles. The van der Waals surface area contributed by atoms with Crippen LogP contribution >= 0.6 is 0 Å². The van der Waals surface area contributed by atoms with Crippen LogP contribution in [0, 0.1) is 10.8 Å². The van der Waals surface area contributed by atoms with Gasteiger partial charge in [-0.25, -0.2) is 0 Å². The minimum absolute atomic E-state index is 0.0523. The molecule has 0 N–H and O–H groups in total. The van der Waals surface area contributed by atoms with Crippen molar-refractivity contribution in [1.82, 2.24) is 0 Å². The third-order valence-corrected chi connectivity index (χ3v) is 6.62. The Morgan fingerprint density at radius 2 is 1.92 bits per heavy atom. The van der Waals surface area contributed by atoms with Gasteiger partial charge in [0.15, 0.2) is 5.79 Å². The maximum Gasteiger partial charge on any atom is 0.164 e. The van der Waals surface area contributed by atoms with Crippen molar-refractivity contribution in [2.45, 2.75) is 104 Å². The van der Waals surface area contributed by atoms with E-state index in [2.05, 4.69) is 59.8 Å². The molecule has 3 atom stereocenters. The molecule has 0 aromatic heterocycles. The third kappa shape index (κ3) is 2.80. The van der Waals surface area contributed by atoms with E-state index >= 15 is 0 Å². The Morgan fingerprint density at radius 1 is 1.17 bits per heavy atom. The molecular weight excluding hydrogens is 296 g/mol. The molecular formula is C22H36O2. The molecule has 2 heteroatoms. The number of ether oxygens (including phenoxy) is 2. The molecule has 136 valence electrons. The zero-order valence-electron chi connectivity index (χ0n) is 16.6. The van der Waals surface area contributed by atoms with E-state index in [0.717, 1.165) is 12.8 Å². The fourth-order valence-corrected chi connectivity index (χ4v) is 5.14. The predicted octanol–water partition coefficient (Wildman–Crippen LogP) is 6.17. The van der Waals surface area contributed by atoms with E-state index in [4.69, 9.17) is 9.47 Å². The van der Waals surface area contributed by atoms with Crippen molar-refractivity contribution in [3.05, 3.63) is 23.8 Å². The van der Waals surface area contributed by atoms with Crippen LogP contribution in [0.4, 0.5) is 0 Å². The Labute approximate surface area is 148 Å². The molecule has 1 saturated heterocycles. The normalized spacial score (nSPS) is 41.6. The fraction of sp³-hybridized carbons (Fsp3) is 0.818. The first-order valence-electron chi connectivity index (χ1n) is 9.92. The summed E-state index contributed by atoms with van der Waals surface area (Å²) < 4.78 is 13.4. The summed E-state index contributed by atoms with van der Waals surface area (Å²) in [5, 5.41) is 0. The predicted molar refractivity (Wildman–Crippen MR) is 99.9 cm³/mol. The average molecular weight is 333 g/mol. The molecule has 0 aromatic rings. The van der Waals surface area contributed by atoms with Crippen LogP contribution in [-0.4, -0.2) is 17.5 Å². The third-order valence-electron chi connectivity index (χ3n) is 6.62. The minimum Gasteiger partial charge on any atom is -0.340 e. The Hall–Kier alpha value is -0.600. The molecule has 0 radical (unpaired) electrons. The summed E-state index contributed by atoms with van der Waals surface area (Å²) in [6.45, 7) is 13.6. The molecule has 2 aliphatic carbocycles. The summed E-state index contributed by atoms with van der Waals surface area (Å²) in [5.74, 6) is -0.515. The summed E-state index contributed by atoms with van der Waals surface area (Å²) >= 11 is 0. The van der Waals surface area contributed by atoms with Gasteiger partial charge in [0, 0.05) is 10.8 Å². The number of hydrogen-bond acceptors (Lipinski definition) is 2. The molecule has 1 aliphatic heterocycles. The van der Waals surface area contributed by atoms with Crippen LogP contribution in [0.1, 0.15) is 86.5 Å². The second kappa shape index (κ2) is 5.99. The van der Waals surface area contributed by atoms with Crippen molar-refractivity contribution in [1.29, 1.82) is 0 Å². The standard InChI is InChI=1S/C22H36O2/c1-7-8-16-22-18(23-20(4,5)24-22)17-12-9-10-14-21(17,6)15-11-13-19(22,2)3/h11-12,15,18H,7-10,13-14,16H2,1-6H3/b15-11-/t18-,21-,22+/m1/s1. The van der Waals surface area contributed by atoms with Crippen molar-refractivity contribution >= 4 is 0 Å². The van der Waals surface area contributed by atoms with E-state index < -0.39 is 5.79 Å². The van der Waals surface area contributed by atoms with E-state index in [1.165, 1.54) is 37.7 Å². The van der Waals surface area contributed by atoms with Gasteiger partial charge in [-0.2, -0.15) is 0 Å². The maximum absolute atomic E-state index is 6.79. The number of hydrogen-bond donors (Lipinski definition) is 0. The summed E-state index contributed by atoms with van der Waals surface area (Å²) in [6, 6.07) is 0. The number of rotatable bonds is 3. The van der Waals surface area contributed by atoms with Gasteiger partial charge >= 0.3 is 0 Å². The smallest absolute Gasteiger partial charge is 0.164 e. The SMILES string of the molecule is CCCC[C@]12OC(C)(C)O[C@@H]1C1=CCCC[C@]1(C)/C=C\CC2(C)C. The van der Waals surface area contributed by atoms with Crippen LogP contribution in [0.25, 0.3) is 0 Å². The largest absolute Gasteiger partial charge is 0.340 e. The van der Waals surface area contributed by atoms with Crippen LogP contribution in [-0.2, 0) is 9.47 Å². The van der Waals surface area contributed by atoms with Gasteiger partial charge in [-0.05, 0) is 51.5 Å². The molecule has 0 saturated carbocycles. The Morgan fingerprint density at radius 3 is 2.62 bits per heavy atom. The van der Waals surface area contributed by atoms with E-state index in [1.54, 1.807) is 0 Å². The maximum atomic E-state index is 6.79. The van der Waals surface area contributed by atoms with E-state index in [1.807, 2.05) is 0 Å². The molecule has 0 bridgehead atoms. The van der Waals surface area contributed by atoms with Gasteiger partial charge in [-0.1, -0.05) is 58.8 Å². The highest BCUT2D eigenvalue weighted by molar-refractivity contribution is 5.34. The van der Waals surface area contributed by atoms with Gasteiger partial charge in [0.05, 0.1) is 0 Å². The highest BCUT2D eigenvalue weighted by Gasteiger charge is 2.62. The lowest BCUT2D eigenvalue weighted by molar-refractivity contribution is -0.188. The monoisotopic (exact) mass is 332 g/mol. The molecule has 0 spiro atoms. The van der Waals surface area contributed by atoms with Gasteiger partial charge < -0.3 is 9.47 Å². The van der Waals surface area contributed by atoms with Crippen LogP contribution < -0.4 is 0 Å². The number of allylic oxidation sites excluding steroid dienone is 3. The van der Waals surface area contributed by atoms with Crippen molar-refractivity contribution in [2.24, 2.45) is 10.8 Å². The Bertz CT molecular complexity index is 542. The lowest BCUT2D eigenvalue weighted by atomic mass is 9.59. The van der Waals surface area contributed by atoms with Crippen LogP contribution in [0.3, 0.4) is 0 Å². The second-order valence-corrected chi connectivity index (χ2v) is 9.45. The zero-order valence-corrected chi connectivity index (χ0v) is 16.6. The molecule has 1 fully saturated rings. The van der Waals surface area contributed by atoms with E-state index in [-0.39, 0.29) is 22.5 Å². The van der Waals surface area contributed by atoms with Gasteiger partial charge in [-0.15, -0.1) is 0 Å². The lowest BCUT2D eigenvalue weighted by Gasteiger charge is -2.50. The molecule has 0 aromatic carbocycles. The number of fused-ring (bicyclic) bond motifs is 3. The van der Waals surface area contributed by atoms with Crippen LogP contribution in [0.5, 0.6) is 0 Å². The van der Waals surface area contributed by atoms with Crippen molar-refractivity contribution in [3.8, 4) is 0 Å². The van der Waals surface area contributed by atoms with Gasteiger partial charge in [0.1, 0.15) is 11.7 Å². The first kappa shape index (κ1) is 18.2. The van der Waals surface area contributed by atoms with Gasteiger partial charge in [-0.3, -0.25) is 0 Å². The molecule has 24 heavy (non-hydrogen) atoms. The molecule has 2 nitrogen and oxygen atoms in total. The lowest BCUT2D eigenvalue weighted by Crippen LogP contribution is -2.55.